The Balaban J connectivity index is 2.17. The number of rotatable bonds is 11. The number of carbonyl (C=O) groups excluding carboxylic acids is 1. The molecule has 0 amide bonds. The van der Waals surface area contributed by atoms with E-state index in [1.165, 1.54) is 37.7 Å². The fourth-order valence-electron chi connectivity index (χ4n) is 5.10. The van der Waals surface area contributed by atoms with E-state index >= 15 is 0 Å². The largest absolute Gasteiger partial charge is 0.384 e. The first kappa shape index (κ1) is 25.8. The minimum atomic E-state index is -4.44. The van der Waals surface area contributed by atoms with Crippen LogP contribution in [0.15, 0.2) is 24.3 Å². The zero-order chi connectivity index (χ0) is 23.1. The van der Waals surface area contributed by atoms with Gasteiger partial charge in [0.1, 0.15) is 12.1 Å². The van der Waals surface area contributed by atoms with E-state index in [-0.39, 0.29) is 16.7 Å². The van der Waals surface area contributed by atoms with Crippen molar-refractivity contribution in [1.29, 1.82) is 0 Å². The molecule has 0 bridgehead atoms. The molecule has 7 heteroatoms. The number of aryl methyl sites for hydroxylation is 1. The summed E-state index contributed by atoms with van der Waals surface area (Å²) in [6.07, 6.45) is 10.3. The van der Waals surface area contributed by atoms with Crippen LogP contribution < -0.4 is 4.65 Å². The molecule has 1 heterocycles. The molecule has 6 nitrogen and oxygen atoms in total. The minimum Gasteiger partial charge on any atom is -0.285 e. The summed E-state index contributed by atoms with van der Waals surface area (Å²) in [7, 11) is -4.44. The summed E-state index contributed by atoms with van der Waals surface area (Å²) in [6, 6.07) is 8.17. The molecule has 31 heavy (non-hydrogen) atoms. The predicted octanol–water partition coefficient (Wildman–Crippen LogP) is 5.45. The highest BCUT2D eigenvalue weighted by Crippen LogP contribution is 2.40. The molecule has 1 aliphatic heterocycles. The number of hydrogen-bond acceptors (Lipinski definition) is 4. The molecule has 0 saturated carbocycles. The second-order valence-electron chi connectivity index (χ2n) is 9.36. The Labute approximate surface area is 188 Å². The summed E-state index contributed by atoms with van der Waals surface area (Å²) >= 11 is 0. The lowest BCUT2D eigenvalue weighted by Crippen LogP contribution is -2.65. The Morgan fingerprint density at radius 2 is 1.55 bits per heavy atom. The highest BCUT2D eigenvalue weighted by atomic mass is 32.2. The zero-order valence-electron chi connectivity index (χ0n) is 19.5. The smallest absolute Gasteiger partial charge is 0.285 e. The van der Waals surface area contributed by atoms with Gasteiger partial charge in [0, 0.05) is 25.0 Å². The van der Waals surface area contributed by atoms with Crippen LogP contribution in [0.1, 0.15) is 84.6 Å². The van der Waals surface area contributed by atoms with Crippen molar-refractivity contribution in [2.75, 3.05) is 5.75 Å². The number of unbranched alkanes of at least 4 members (excludes halogenated alkanes) is 5. The highest BCUT2D eigenvalue weighted by molar-refractivity contribution is 7.86. The van der Waals surface area contributed by atoms with Crippen molar-refractivity contribution in [3.05, 3.63) is 29.8 Å². The van der Waals surface area contributed by atoms with Crippen LogP contribution in [0, 0.1) is 5.92 Å². The van der Waals surface area contributed by atoms with Gasteiger partial charge < -0.3 is 0 Å². The SMILES string of the molecule is CCCCCCCCc1ccc([N+]2(OC(=O)CS(=O)(=O)O)C(C)CC(C)CC2C)cc1. The lowest BCUT2D eigenvalue weighted by molar-refractivity contribution is -0.213. The number of nitrogens with zero attached hydrogens (tertiary/aromatic N) is 1. The van der Waals surface area contributed by atoms with Crippen molar-refractivity contribution in [1.82, 2.24) is 4.65 Å². The van der Waals surface area contributed by atoms with Crippen LogP contribution in [0.3, 0.4) is 0 Å². The Hall–Kier alpha value is -1.44. The van der Waals surface area contributed by atoms with Crippen molar-refractivity contribution < 1.29 is 22.6 Å². The lowest BCUT2D eigenvalue weighted by atomic mass is 9.87. The van der Waals surface area contributed by atoms with Gasteiger partial charge in [0.05, 0.1) is 0 Å². The summed E-state index contributed by atoms with van der Waals surface area (Å²) in [4.78, 5) is 18.3. The molecule has 1 aromatic carbocycles. The third kappa shape index (κ3) is 7.29. The number of hydrogen-bond donors (Lipinski definition) is 1. The third-order valence-corrected chi connectivity index (χ3v) is 7.11. The molecule has 1 saturated heterocycles. The van der Waals surface area contributed by atoms with Crippen LogP contribution in [0.2, 0.25) is 0 Å². The van der Waals surface area contributed by atoms with E-state index in [1.54, 1.807) is 0 Å². The molecule has 2 atom stereocenters. The maximum absolute atomic E-state index is 12.4. The van der Waals surface area contributed by atoms with Crippen LogP contribution in [0.25, 0.3) is 0 Å². The van der Waals surface area contributed by atoms with Gasteiger partial charge in [0.25, 0.3) is 10.1 Å². The molecule has 0 spiro atoms. The average molecular weight is 455 g/mol. The van der Waals surface area contributed by atoms with Crippen LogP contribution in [-0.4, -0.2) is 36.8 Å². The van der Waals surface area contributed by atoms with Gasteiger partial charge in [-0.2, -0.15) is 8.42 Å². The van der Waals surface area contributed by atoms with E-state index < -0.39 is 21.8 Å². The first-order valence-corrected chi connectivity index (χ1v) is 13.3. The molecule has 0 radical (unpaired) electrons. The fraction of sp³-hybridized carbons (Fsp3) is 0.708. The van der Waals surface area contributed by atoms with Crippen molar-refractivity contribution in [2.45, 2.75) is 97.6 Å². The monoisotopic (exact) mass is 454 g/mol. The molecule has 0 aliphatic carbocycles. The highest BCUT2D eigenvalue weighted by Gasteiger charge is 2.51. The van der Waals surface area contributed by atoms with Gasteiger partial charge in [-0.1, -0.05) is 62.7 Å². The number of benzene rings is 1. The molecule has 1 aromatic rings. The van der Waals surface area contributed by atoms with E-state index in [4.69, 9.17) is 9.39 Å². The van der Waals surface area contributed by atoms with Gasteiger partial charge in [-0.3, -0.25) is 9.39 Å². The molecule has 2 rings (SSSR count). The molecule has 176 valence electrons. The van der Waals surface area contributed by atoms with Crippen LogP contribution in [-0.2, 0) is 26.2 Å². The van der Waals surface area contributed by atoms with E-state index in [9.17, 15) is 13.2 Å². The van der Waals surface area contributed by atoms with Crippen molar-refractivity contribution >= 4 is 21.8 Å². The van der Waals surface area contributed by atoms with Gasteiger partial charge in [-0.05, 0) is 38.2 Å². The minimum absolute atomic E-state index is 0.0199. The van der Waals surface area contributed by atoms with Crippen LogP contribution in [0.5, 0.6) is 0 Å². The van der Waals surface area contributed by atoms with Crippen molar-refractivity contribution in [2.24, 2.45) is 5.92 Å². The topological polar surface area (TPSA) is 80.7 Å². The molecule has 1 N–H and O–H groups in total. The summed E-state index contributed by atoms with van der Waals surface area (Å²) in [6.45, 7) is 8.49. The molecule has 1 fully saturated rings. The second-order valence-corrected chi connectivity index (χ2v) is 10.8. The third-order valence-electron chi connectivity index (χ3n) is 6.51. The van der Waals surface area contributed by atoms with E-state index in [1.807, 2.05) is 26.0 Å². The molecule has 1 aliphatic rings. The molecule has 2 unspecified atom stereocenters. The summed E-state index contributed by atoms with van der Waals surface area (Å²) in [5, 5.41) is 0. The average Bonchev–Trinajstić information content (AvgIpc) is 2.66. The summed E-state index contributed by atoms with van der Waals surface area (Å²) in [5.41, 5.74) is 2.11. The summed E-state index contributed by atoms with van der Waals surface area (Å²) in [5.74, 6) is -1.46. The number of hydroxylamine groups is 2. The Morgan fingerprint density at radius 3 is 2.10 bits per heavy atom. The summed E-state index contributed by atoms with van der Waals surface area (Å²) < 4.78 is 31.5. The predicted molar refractivity (Wildman–Crippen MR) is 125 cm³/mol. The second kappa shape index (κ2) is 11.4. The maximum atomic E-state index is 12.4. The van der Waals surface area contributed by atoms with Gasteiger partial charge in [-0.25, -0.2) is 4.79 Å². The molecule has 0 aromatic heterocycles. The van der Waals surface area contributed by atoms with Crippen LogP contribution in [0.4, 0.5) is 5.69 Å². The van der Waals surface area contributed by atoms with Gasteiger partial charge in [0.15, 0.2) is 11.4 Å². The fourth-order valence-corrected chi connectivity index (χ4v) is 5.45. The number of quaternary nitrogens is 1. The standard InChI is InChI=1S/C24H39NO5S/c1-5-6-7-8-9-10-11-22-12-14-23(15-13-22)25(30-24(26)18-31(27,28)29)20(3)16-19(2)17-21(25)4/h12-15,19-21H,5-11,16-18H2,1-4H3/p+1. The lowest BCUT2D eigenvalue weighted by Gasteiger charge is -2.47. The van der Waals surface area contributed by atoms with Gasteiger partial charge >= 0.3 is 5.97 Å². The Bertz CT molecular complexity index is 794. The van der Waals surface area contributed by atoms with E-state index in [0.717, 1.165) is 31.4 Å². The molecular formula is C24H40NO5S+. The number of carbonyl (C=O) groups is 1. The number of piperidine rings is 1. The van der Waals surface area contributed by atoms with E-state index in [0.29, 0.717) is 5.92 Å². The molecular weight excluding hydrogens is 414 g/mol. The van der Waals surface area contributed by atoms with Crippen LogP contribution >= 0.6 is 0 Å². The van der Waals surface area contributed by atoms with Gasteiger partial charge in [-0.15, -0.1) is 0 Å². The van der Waals surface area contributed by atoms with Crippen molar-refractivity contribution in [3.8, 4) is 0 Å². The normalized spacial score (nSPS) is 26.5. The zero-order valence-corrected chi connectivity index (χ0v) is 20.4. The van der Waals surface area contributed by atoms with Crippen molar-refractivity contribution in [3.63, 3.8) is 0 Å². The first-order valence-electron chi connectivity index (χ1n) is 11.7. The first-order chi connectivity index (χ1) is 14.6. The quantitative estimate of drug-likeness (QED) is 0.273. The van der Waals surface area contributed by atoms with Gasteiger partial charge in [0.2, 0.25) is 0 Å². The Morgan fingerprint density at radius 1 is 1.00 bits per heavy atom. The maximum Gasteiger partial charge on any atom is 0.384 e. The Kier molecular flexibility index (Phi) is 9.52. The van der Waals surface area contributed by atoms with E-state index in [2.05, 4.69) is 26.0 Å².